The van der Waals surface area contributed by atoms with Crippen molar-refractivity contribution in [3.8, 4) is 0 Å². The molecular weight excluding hydrogens is 194 g/mol. The number of aliphatic hydroxyl groups is 1. The molecule has 0 aromatic carbocycles. The van der Waals surface area contributed by atoms with E-state index >= 15 is 0 Å². The number of ether oxygens (including phenoxy) is 1. The van der Waals surface area contributed by atoms with Gasteiger partial charge in [0, 0.05) is 17.7 Å². The second-order valence-electron chi connectivity index (χ2n) is 3.83. The molecule has 0 amide bonds. The largest absolute Gasteiger partial charge is 0.466 e. The van der Waals surface area contributed by atoms with Crippen LogP contribution in [0.15, 0.2) is 11.6 Å². The molecule has 0 rings (SSSR count). The molecule has 0 saturated heterocycles. The van der Waals surface area contributed by atoms with Gasteiger partial charge in [-0.25, -0.2) is 4.79 Å². The van der Waals surface area contributed by atoms with Crippen LogP contribution in [0.2, 0.25) is 0 Å². The zero-order chi connectivity index (χ0) is 11.9. The molecular formula is C11H21NO3. The van der Waals surface area contributed by atoms with Gasteiger partial charge in [0.2, 0.25) is 0 Å². The molecule has 0 aliphatic heterocycles. The van der Waals surface area contributed by atoms with E-state index in [0.717, 1.165) is 6.42 Å². The second kappa shape index (κ2) is 6.58. The number of hydrogen-bond donors (Lipinski definition) is 2. The van der Waals surface area contributed by atoms with E-state index < -0.39 is 0 Å². The Balaban J connectivity index is 4.12. The van der Waals surface area contributed by atoms with Crippen LogP contribution in [0, 0.1) is 0 Å². The molecule has 0 aromatic rings. The van der Waals surface area contributed by atoms with Crippen molar-refractivity contribution in [1.82, 2.24) is 5.32 Å². The Kier molecular flexibility index (Phi) is 6.20. The van der Waals surface area contributed by atoms with Crippen molar-refractivity contribution in [3.05, 3.63) is 11.6 Å². The smallest absolute Gasteiger partial charge is 0.333 e. The molecule has 0 spiro atoms. The van der Waals surface area contributed by atoms with Crippen LogP contribution in [0.1, 0.15) is 27.2 Å². The van der Waals surface area contributed by atoms with Gasteiger partial charge in [0.1, 0.15) is 0 Å². The molecule has 15 heavy (non-hydrogen) atoms. The van der Waals surface area contributed by atoms with Gasteiger partial charge in [0.15, 0.2) is 0 Å². The number of nitrogens with one attached hydrogen (secondary N) is 1. The van der Waals surface area contributed by atoms with Crippen LogP contribution in [0.3, 0.4) is 0 Å². The molecule has 1 unspecified atom stereocenters. The quantitative estimate of drug-likeness (QED) is 0.509. The number of rotatable bonds is 6. The van der Waals surface area contributed by atoms with E-state index in [9.17, 15) is 4.79 Å². The Labute approximate surface area is 91.3 Å². The maximum atomic E-state index is 11.0. The number of hydrogen-bond acceptors (Lipinski definition) is 4. The minimum Gasteiger partial charge on any atom is -0.466 e. The average molecular weight is 215 g/mol. The fourth-order valence-corrected chi connectivity index (χ4v) is 0.988. The summed E-state index contributed by atoms with van der Waals surface area (Å²) in [4.78, 5) is 11.0. The lowest BCUT2D eigenvalue weighted by molar-refractivity contribution is -0.136. The summed E-state index contributed by atoms with van der Waals surface area (Å²) < 4.78 is 4.56. The summed E-state index contributed by atoms with van der Waals surface area (Å²) in [6, 6.07) is 0. The van der Waals surface area contributed by atoms with Crippen LogP contribution in [0.25, 0.3) is 0 Å². The van der Waals surface area contributed by atoms with E-state index in [4.69, 9.17) is 5.11 Å². The number of methoxy groups -OCH3 is 1. The van der Waals surface area contributed by atoms with Crippen LogP contribution in [0.5, 0.6) is 0 Å². The number of carbonyl (C=O) groups excluding carboxylic acids is 1. The first-order valence-corrected chi connectivity index (χ1v) is 5.10. The van der Waals surface area contributed by atoms with Crippen LogP contribution in [0.4, 0.5) is 0 Å². The van der Waals surface area contributed by atoms with Crippen LogP contribution < -0.4 is 5.32 Å². The van der Waals surface area contributed by atoms with Gasteiger partial charge in [-0.15, -0.1) is 0 Å². The van der Waals surface area contributed by atoms with E-state index in [1.807, 2.05) is 13.8 Å². The highest BCUT2D eigenvalue weighted by Gasteiger charge is 2.18. The third-order valence-corrected chi connectivity index (χ3v) is 2.57. The monoisotopic (exact) mass is 215 g/mol. The van der Waals surface area contributed by atoms with Crippen LogP contribution >= 0.6 is 0 Å². The third kappa shape index (κ3) is 4.95. The summed E-state index contributed by atoms with van der Waals surface area (Å²) in [7, 11) is 1.36. The summed E-state index contributed by atoms with van der Waals surface area (Å²) >= 11 is 0. The standard InChI is InChI=1S/C11H21NO3/c1-5-11(3,8-13)12-7-6-9(2)10(14)15-4/h6,12-13H,5,7-8H2,1-4H3/b9-6-. The second-order valence-corrected chi connectivity index (χ2v) is 3.83. The first kappa shape index (κ1) is 14.1. The highest BCUT2D eigenvalue weighted by atomic mass is 16.5. The van der Waals surface area contributed by atoms with E-state index in [1.165, 1.54) is 7.11 Å². The predicted octanol–water partition coefficient (Wildman–Crippen LogP) is 0.856. The van der Waals surface area contributed by atoms with Gasteiger partial charge in [-0.3, -0.25) is 0 Å². The Hall–Kier alpha value is -0.870. The highest BCUT2D eigenvalue weighted by molar-refractivity contribution is 5.87. The summed E-state index contributed by atoms with van der Waals surface area (Å²) in [6.45, 7) is 6.27. The molecule has 88 valence electrons. The molecule has 0 heterocycles. The molecule has 0 aromatic heterocycles. The Bertz CT molecular complexity index is 232. The topological polar surface area (TPSA) is 58.6 Å². The van der Waals surface area contributed by atoms with E-state index in [2.05, 4.69) is 10.1 Å². The van der Waals surface area contributed by atoms with Gasteiger partial charge in [-0.2, -0.15) is 0 Å². The Morgan fingerprint density at radius 1 is 1.60 bits per heavy atom. The fourth-order valence-electron chi connectivity index (χ4n) is 0.988. The van der Waals surface area contributed by atoms with Crippen molar-refractivity contribution in [2.75, 3.05) is 20.3 Å². The molecule has 4 nitrogen and oxygen atoms in total. The van der Waals surface area contributed by atoms with Crippen molar-refractivity contribution in [2.24, 2.45) is 0 Å². The lowest BCUT2D eigenvalue weighted by atomic mass is 10.0. The highest BCUT2D eigenvalue weighted by Crippen LogP contribution is 2.07. The molecule has 0 saturated carbocycles. The molecule has 0 aliphatic rings. The molecule has 0 aliphatic carbocycles. The zero-order valence-electron chi connectivity index (χ0n) is 9.96. The molecule has 2 N–H and O–H groups in total. The normalized spacial score (nSPS) is 15.9. The van der Waals surface area contributed by atoms with Crippen molar-refractivity contribution in [2.45, 2.75) is 32.7 Å². The minimum atomic E-state index is -0.320. The third-order valence-electron chi connectivity index (χ3n) is 2.57. The zero-order valence-corrected chi connectivity index (χ0v) is 9.96. The lowest BCUT2D eigenvalue weighted by Crippen LogP contribution is -2.45. The van der Waals surface area contributed by atoms with E-state index in [1.54, 1.807) is 13.0 Å². The summed E-state index contributed by atoms with van der Waals surface area (Å²) in [5.41, 5.74) is 0.286. The Morgan fingerprint density at radius 2 is 2.20 bits per heavy atom. The minimum absolute atomic E-state index is 0.0780. The van der Waals surface area contributed by atoms with Crippen molar-refractivity contribution in [1.29, 1.82) is 0 Å². The van der Waals surface area contributed by atoms with Crippen molar-refractivity contribution < 1.29 is 14.6 Å². The average Bonchev–Trinajstić information content (AvgIpc) is 2.27. The SMILES string of the molecule is CCC(C)(CO)NC/C=C(/C)C(=O)OC. The molecule has 1 atom stereocenters. The first-order valence-electron chi connectivity index (χ1n) is 5.10. The van der Waals surface area contributed by atoms with Crippen molar-refractivity contribution >= 4 is 5.97 Å². The number of esters is 1. The first-order chi connectivity index (χ1) is 6.99. The number of carbonyl (C=O) groups is 1. The van der Waals surface area contributed by atoms with Gasteiger partial charge in [-0.05, 0) is 20.3 Å². The van der Waals surface area contributed by atoms with Crippen LogP contribution in [-0.4, -0.2) is 36.9 Å². The summed E-state index contributed by atoms with van der Waals surface area (Å²) in [5, 5.41) is 12.3. The van der Waals surface area contributed by atoms with Gasteiger partial charge >= 0.3 is 5.97 Å². The summed E-state index contributed by atoms with van der Waals surface area (Å²) in [6.07, 6.45) is 2.59. The fraction of sp³-hybridized carbons (Fsp3) is 0.727. The predicted molar refractivity (Wildman–Crippen MR) is 59.6 cm³/mol. The maximum Gasteiger partial charge on any atom is 0.333 e. The molecule has 0 fully saturated rings. The van der Waals surface area contributed by atoms with E-state index in [-0.39, 0.29) is 18.1 Å². The lowest BCUT2D eigenvalue weighted by Gasteiger charge is -2.26. The molecule has 0 radical (unpaired) electrons. The molecule has 4 heteroatoms. The van der Waals surface area contributed by atoms with Crippen molar-refractivity contribution in [3.63, 3.8) is 0 Å². The van der Waals surface area contributed by atoms with Crippen LogP contribution in [-0.2, 0) is 9.53 Å². The van der Waals surface area contributed by atoms with E-state index in [0.29, 0.717) is 12.1 Å². The Morgan fingerprint density at radius 3 is 2.60 bits per heavy atom. The molecule has 0 bridgehead atoms. The summed E-state index contributed by atoms with van der Waals surface area (Å²) in [5.74, 6) is -0.320. The van der Waals surface area contributed by atoms with Gasteiger partial charge in [0.05, 0.1) is 13.7 Å². The van der Waals surface area contributed by atoms with Gasteiger partial charge in [0.25, 0.3) is 0 Å². The maximum absolute atomic E-state index is 11.0. The van der Waals surface area contributed by atoms with Gasteiger partial charge < -0.3 is 15.2 Å². The number of aliphatic hydroxyl groups excluding tert-OH is 1. The van der Waals surface area contributed by atoms with Gasteiger partial charge in [-0.1, -0.05) is 13.0 Å².